The number of aryl methyl sites for hydroxylation is 1. The smallest absolute Gasteiger partial charge is 0.156 e. The van der Waals surface area contributed by atoms with Gasteiger partial charge in [-0.15, -0.1) is 6.42 Å². The Morgan fingerprint density at radius 2 is 1.95 bits per heavy atom. The van der Waals surface area contributed by atoms with E-state index in [2.05, 4.69) is 26.1 Å². The highest BCUT2D eigenvalue weighted by Gasteiger charge is 2.20. The number of nitrogens with zero attached hydrogens (tertiary/aromatic N) is 4. The molecular weight excluding hydrogens is 470 g/mol. The van der Waals surface area contributed by atoms with E-state index in [0.717, 1.165) is 23.4 Å². The first kappa shape index (κ1) is 24.1. The van der Waals surface area contributed by atoms with Crippen molar-refractivity contribution in [1.29, 1.82) is 0 Å². The van der Waals surface area contributed by atoms with E-state index in [0.29, 0.717) is 39.3 Å². The summed E-state index contributed by atoms with van der Waals surface area (Å²) in [4.78, 5) is 14.4. The van der Waals surface area contributed by atoms with Crippen molar-refractivity contribution in [2.24, 2.45) is 0 Å². The second-order valence-corrected chi connectivity index (χ2v) is 9.07. The van der Waals surface area contributed by atoms with Gasteiger partial charge in [0, 0.05) is 41.2 Å². The zero-order valence-electron chi connectivity index (χ0n) is 20.6. The van der Waals surface area contributed by atoms with Crippen LogP contribution in [0.25, 0.3) is 39.1 Å². The number of imidazole rings is 1. The maximum Gasteiger partial charge on any atom is 0.156 e. The molecule has 0 unspecified atom stereocenters. The van der Waals surface area contributed by atoms with Crippen LogP contribution in [-0.4, -0.2) is 44.1 Å². The summed E-state index contributed by atoms with van der Waals surface area (Å²) < 4.78 is 29.1. The molecule has 3 heterocycles. The van der Waals surface area contributed by atoms with Crippen LogP contribution < -0.4 is 0 Å². The summed E-state index contributed by atoms with van der Waals surface area (Å²) in [6, 6.07) is 11.5. The summed E-state index contributed by atoms with van der Waals surface area (Å²) in [5.41, 5.74) is 5.73. The third-order valence-electron chi connectivity index (χ3n) is 5.98. The minimum absolute atomic E-state index is 0.205. The molecule has 0 atom stereocenters. The number of hydrogen-bond donors (Lipinski definition) is 2. The van der Waals surface area contributed by atoms with E-state index in [-0.39, 0.29) is 11.3 Å². The van der Waals surface area contributed by atoms with Gasteiger partial charge in [-0.25, -0.2) is 13.8 Å². The Kier molecular flexibility index (Phi) is 6.38. The van der Waals surface area contributed by atoms with Gasteiger partial charge < -0.3 is 9.88 Å². The summed E-state index contributed by atoms with van der Waals surface area (Å²) >= 11 is 0. The third-order valence-corrected chi connectivity index (χ3v) is 5.98. The fraction of sp³-hybridized carbons (Fsp3) is 0.138. The Bertz CT molecular complexity index is 1690. The lowest BCUT2D eigenvalue weighted by Crippen LogP contribution is -2.10. The van der Waals surface area contributed by atoms with Crippen molar-refractivity contribution < 1.29 is 8.78 Å². The molecule has 8 heteroatoms. The molecule has 2 aromatic carbocycles. The lowest BCUT2D eigenvalue weighted by molar-refractivity contribution is 0.402. The molecular formula is C29H24F2N6. The zero-order chi connectivity index (χ0) is 26.1. The average molecular weight is 495 g/mol. The Labute approximate surface area is 213 Å². The average Bonchev–Trinajstić information content (AvgIpc) is 3.46. The van der Waals surface area contributed by atoms with Crippen LogP contribution in [0.2, 0.25) is 0 Å². The fourth-order valence-electron chi connectivity index (χ4n) is 4.39. The fourth-order valence-corrected chi connectivity index (χ4v) is 4.39. The monoisotopic (exact) mass is 494 g/mol. The van der Waals surface area contributed by atoms with Gasteiger partial charge in [-0.05, 0) is 74.1 Å². The Morgan fingerprint density at radius 3 is 2.70 bits per heavy atom. The van der Waals surface area contributed by atoms with Crippen LogP contribution in [0, 0.1) is 30.9 Å². The largest absolute Gasteiger partial charge is 0.340 e. The molecule has 0 bridgehead atoms. The van der Waals surface area contributed by atoms with Crippen molar-refractivity contribution in [2.75, 3.05) is 14.1 Å². The maximum atomic E-state index is 15.1. The first-order valence-electron chi connectivity index (χ1n) is 11.6. The molecule has 3 aromatic heterocycles. The van der Waals surface area contributed by atoms with E-state index in [1.54, 1.807) is 30.6 Å². The highest BCUT2D eigenvalue weighted by molar-refractivity contribution is 5.95. The minimum atomic E-state index is -0.454. The van der Waals surface area contributed by atoms with Gasteiger partial charge in [-0.3, -0.25) is 10.1 Å². The Balaban J connectivity index is 1.60. The highest BCUT2D eigenvalue weighted by atomic mass is 19.1. The SMILES string of the molecule is C#C/C=C(/c1cccc(F)c1)c1nc(-c2[nH]nc3c(F)cc(-c4cncc(CN(C)C)c4)cc23)[nH]c1C. The molecule has 0 amide bonds. The van der Waals surface area contributed by atoms with E-state index in [4.69, 9.17) is 11.4 Å². The van der Waals surface area contributed by atoms with E-state index < -0.39 is 5.82 Å². The van der Waals surface area contributed by atoms with E-state index in [9.17, 15) is 4.39 Å². The van der Waals surface area contributed by atoms with Crippen LogP contribution in [0.4, 0.5) is 8.78 Å². The van der Waals surface area contributed by atoms with Crippen LogP contribution in [0.15, 0.2) is 60.9 Å². The first-order valence-corrected chi connectivity index (χ1v) is 11.6. The summed E-state index contributed by atoms with van der Waals surface area (Å²) in [6.45, 7) is 2.57. The molecule has 5 aromatic rings. The van der Waals surface area contributed by atoms with Crippen LogP contribution in [0.1, 0.15) is 22.5 Å². The Hall–Kier alpha value is -4.61. The number of H-pyrrole nitrogens is 2. The van der Waals surface area contributed by atoms with Crippen LogP contribution in [0.3, 0.4) is 0 Å². The molecule has 0 aliphatic carbocycles. The van der Waals surface area contributed by atoms with Gasteiger partial charge in [-0.1, -0.05) is 18.1 Å². The summed E-state index contributed by atoms with van der Waals surface area (Å²) in [5.74, 6) is 2.15. The predicted molar refractivity (Wildman–Crippen MR) is 141 cm³/mol. The van der Waals surface area contributed by atoms with Gasteiger partial charge >= 0.3 is 0 Å². The highest BCUT2D eigenvalue weighted by Crippen LogP contribution is 2.33. The van der Waals surface area contributed by atoms with E-state index in [1.165, 1.54) is 18.2 Å². The van der Waals surface area contributed by atoms with Crippen molar-refractivity contribution in [3.8, 4) is 35.0 Å². The number of nitrogens with one attached hydrogen (secondary N) is 2. The van der Waals surface area contributed by atoms with Crippen molar-refractivity contribution in [2.45, 2.75) is 13.5 Å². The number of aromatic amines is 2. The van der Waals surface area contributed by atoms with Crippen molar-refractivity contribution in [1.82, 2.24) is 30.0 Å². The van der Waals surface area contributed by atoms with Crippen LogP contribution in [-0.2, 0) is 6.54 Å². The molecule has 184 valence electrons. The molecule has 0 saturated heterocycles. The number of rotatable bonds is 6. The number of hydrogen-bond acceptors (Lipinski definition) is 4. The van der Waals surface area contributed by atoms with Gasteiger partial charge in [0.15, 0.2) is 11.6 Å². The molecule has 37 heavy (non-hydrogen) atoms. The van der Waals surface area contributed by atoms with Gasteiger partial charge in [0.1, 0.15) is 17.0 Å². The first-order chi connectivity index (χ1) is 17.8. The number of pyridine rings is 1. The third kappa shape index (κ3) is 4.77. The van der Waals surface area contributed by atoms with E-state index in [1.807, 2.05) is 38.1 Å². The number of aromatic nitrogens is 5. The number of benzene rings is 2. The topological polar surface area (TPSA) is 73.5 Å². The predicted octanol–water partition coefficient (Wildman–Crippen LogP) is 5.73. The number of halogens is 2. The summed E-state index contributed by atoms with van der Waals surface area (Å²) in [6.07, 6.45) is 10.6. The molecule has 0 spiro atoms. The van der Waals surface area contributed by atoms with Gasteiger partial charge in [0.25, 0.3) is 0 Å². The quantitative estimate of drug-likeness (QED) is 0.296. The maximum absolute atomic E-state index is 15.1. The number of fused-ring (bicyclic) bond motifs is 1. The van der Waals surface area contributed by atoms with Crippen molar-refractivity contribution >= 4 is 16.5 Å². The normalized spacial score (nSPS) is 11.9. The van der Waals surface area contributed by atoms with Gasteiger partial charge in [0.05, 0.1) is 5.69 Å². The van der Waals surface area contributed by atoms with Crippen molar-refractivity contribution in [3.05, 3.63) is 95.1 Å². The number of allylic oxidation sites excluding steroid dienone is 1. The Morgan fingerprint density at radius 1 is 1.11 bits per heavy atom. The second-order valence-electron chi connectivity index (χ2n) is 9.07. The van der Waals surface area contributed by atoms with Crippen molar-refractivity contribution in [3.63, 3.8) is 0 Å². The van der Waals surface area contributed by atoms with Crippen LogP contribution >= 0.6 is 0 Å². The minimum Gasteiger partial charge on any atom is -0.340 e. The standard InChI is InChI=1S/C29H24F2N6/c1-5-7-23(19-8-6-9-22(30)11-19)26-17(2)33-29(34-26)28-24-12-20(13-25(31)27(24)35-36-28)21-10-18(14-32-15-21)16-37(3)4/h1,6-15H,16H2,2-4H3,(H,33,34)(H,35,36)/b23-7-. The zero-order valence-corrected chi connectivity index (χ0v) is 20.6. The second kappa shape index (κ2) is 9.80. The van der Waals surface area contributed by atoms with Crippen LogP contribution in [0.5, 0.6) is 0 Å². The molecule has 0 saturated carbocycles. The molecule has 0 aliphatic rings. The molecule has 6 nitrogen and oxygen atoms in total. The molecule has 0 fully saturated rings. The lowest BCUT2D eigenvalue weighted by Gasteiger charge is -2.10. The molecule has 0 aliphatic heterocycles. The summed E-state index contributed by atoms with van der Waals surface area (Å²) in [5, 5.41) is 7.69. The number of terminal acetylenes is 1. The van der Waals surface area contributed by atoms with E-state index >= 15 is 4.39 Å². The summed E-state index contributed by atoms with van der Waals surface area (Å²) in [7, 11) is 3.96. The molecule has 5 rings (SSSR count). The van der Waals surface area contributed by atoms with Gasteiger partial charge in [-0.2, -0.15) is 5.10 Å². The lowest BCUT2D eigenvalue weighted by atomic mass is 10.0. The molecule has 2 N–H and O–H groups in total. The van der Waals surface area contributed by atoms with Gasteiger partial charge in [0.2, 0.25) is 0 Å². The molecule has 0 radical (unpaired) electrons.